The molecule has 0 aliphatic heterocycles. The number of carbonyl (C=O) groups is 3. The molecule has 0 spiro atoms. The highest BCUT2D eigenvalue weighted by atomic mass is 19.2. The van der Waals surface area contributed by atoms with Gasteiger partial charge in [0, 0.05) is 18.1 Å². The molecule has 1 heterocycles. The lowest BCUT2D eigenvalue weighted by atomic mass is 9.82. The van der Waals surface area contributed by atoms with E-state index in [0.717, 1.165) is 15.8 Å². The maximum Gasteiger partial charge on any atom is 0.305 e. The number of hydrogen-bond donors (Lipinski definition) is 2. The van der Waals surface area contributed by atoms with Gasteiger partial charge in [0.2, 0.25) is 17.5 Å². The number of rotatable bonds is 12. The number of carboxylic acids is 1. The third kappa shape index (κ3) is 7.88. The van der Waals surface area contributed by atoms with Gasteiger partial charge in [-0.25, -0.2) is 13.5 Å². The second kappa shape index (κ2) is 13.8. The molecule has 2 N–H and O–H groups in total. The molecule has 2 atom stereocenters. The van der Waals surface area contributed by atoms with E-state index in [2.05, 4.69) is 15.2 Å². The van der Waals surface area contributed by atoms with Crippen LogP contribution in [-0.4, -0.2) is 45.2 Å². The summed E-state index contributed by atoms with van der Waals surface area (Å²) in [6.45, 7) is 8.12. The van der Waals surface area contributed by atoms with Crippen molar-refractivity contribution < 1.29 is 41.8 Å². The van der Waals surface area contributed by atoms with Crippen LogP contribution < -0.4 is 15.6 Å². The number of carboxylic acid groups (broad SMARTS) is 1. The van der Waals surface area contributed by atoms with Crippen molar-refractivity contribution in [3.63, 3.8) is 0 Å². The van der Waals surface area contributed by atoms with E-state index in [1.807, 2.05) is 45.0 Å². The Balaban J connectivity index is 1.88. The van der Waals surface area contributed by atoms with Crippen molar-refractivity contribution >= 4 is 17.7 Å². The van der Waals surface area contributed by atoms with Gasteiger partial charge in [0.05, 0.1) is 12.1 Å². The van der Waals surface area contributed by atoms with Crippen molar-refractivity contribution in [3.05, 3.63) is 92.4 Å². The molecule has 44 heavy (non-hydrogen) atoms. The molecule has 9 nitrogen and oxygen atoms in total. The lowest BCUT2D eigenvalue weighted by molar-refractivity contribution is -0.140. The highest BCUT2D eigenvalue weighted by Gasteiger charge is 2.31. The summed E-state index contributed by atoms with van der Waals surface area (Å²) in [7, 11) is 0. The first kappa shape index (κ1) is 33.9. The molecule has 3 rings (SSSR count). The second-order valence-corrected chi connectivity index (χ2v) is 11.3. The van der Waals surface area contributed by atoms with Gasteiger partial charge in [-0.2, -0.15) is 13.9 Å². The molecule has 1 amide bonds. The van der Waals surface area contributed by atoms with Gasteiger partial charge < -0.3 is 15.2 Å². The minimum Gasteiger partial charge on any atom is -0.481 e. The Kier molecular flexibility index (Phi) is 10.7. The summed E-state index contributed by atoms with van der Waals surface area (Å²) in [5, 5.41) is 15.8. The highest BCUT2D eigenvalue weighted by Crippen LogP contribution is 2.28. The number of hydrogen-bond acceptors (Lipinski definition) is 6. The predicted octanol–water partition coefficient (Wildman–Crippen LogP) is 4.56. The Hall–Kier alpha value is -4.55. The normalized spacial score (nSPS) is 12.8. The van der Waals surface area contributed by atoms with Gasteiger partial charge in [-0.1, -0.05) is 52.0 Å². The van der Waals surface area contributed by atoms with Crippen LogP contribution in [0.5, 0.6) is 5.75 Å². The number of aromatic nitrogens is 2. The number of carbonyl (C=O) groups excluding carboxylic acids is 2. The Morgan fingerprint density at radius 1 is 1.02 bits per heavy atom. The predicted molar refractivity (Wildman–Crippen MR) is 151 cm³/mol. The third-order valence-electron chi connectivity index (χ3n) is 6.84. The average Bonchev–Trinajstić information content (AvgIpc) is 2.93. The number of ether oxygens (including phenoxy) is 1. The molecule has 0 aliphatic carbocycles. The number of aliphatic carboxylic acids is 1. The van der Waals surface area contributed by atoms with Crippen LogP contribution in [0.2, 0.25) is 0 Å². The van der Waals surface area contributed by atoms with E-state index in [0.29, 0.717) is 11.3 Å². The summed E-state index contributed by atoms with van der Waals surface area (Å²) < 4.78 is 60.5. The van der Waals surface area contributed by atoms with E-state index in [1.54, 1.807) is 19.9 Å². The van der Waals surface area contributed by atoms with Crippen LogP contribution >= 0.6 is 0 Å². The first-order valence-corrected chi connectivity index (χ1v) is 13.7. The van der Waals surface area contributed by atoms with Gasteiger partial charge in [-0.3, -0.25) is 19.2 Å². The van der Waals surface area contributed by atoms with Gasteiger partial charge in [-0.15, -0.1) is 0 Å². The zero-order chi connectivity index (χ0) is 32.9. The van der Waals surface area contributed by atoms with Crippen LogP contribution in [-0.2, 0) is 26.2 Å². The van der Waals surface area contributed by atoms with Gasteiger partial charge in [0.15, 0.2) is 23.2 Å². The Morgan fingerprint density at radius 2 is 1.64 bits per heavy atom. The van der Waals surface area contributed by atoms with Crippen LogP contribution in [0.1, 0.15) is 69.0 Å². The summed E-state index contributed by atoms with van der Waals surface area (Å²) in [6.07, 6.45) is -0.694. The van der Waals surface area contributed by atoms with E-state index in [1.165, 1.54) is 0 Å². The topological polar surface area (TPSA) is 128 Å². The molecule has 0 bridgehead atoms. The Morgan fingerprint density at radius 3 is 2.20 bits per heavy atom. The van der Waals surface area contributed by atoms with Crippen LogP contribution in [0.3, 0.4) is 0 Å². The van der Waals surface area contributed by atoms with E-state index >= 15 is 0 Å². The summed E-state index contributed by atoms with van der Waals surface area (Å²) in [5.74, 6) is -12.5. The number of ketones is 1. The summed E-state index contributed by atoms with van der Waals surface area (Å²) >= 11 is 0. The number of nitrogens with one attached hydrogen (secondary N) is 1. The van der Waals surface area contributed by atoms with Crippen LogP contribution in [0, 0.1) is 30.2 Å². The fourth-order valence-corrected chi connectivity index (χ4v) is 4.73. The van der Waals surface area contributed by atoms with Crippen molar-refractivity contribution in [2.75, 3.05) is 6.61 Å². The smallest absolute Gasteiger partial charge is 0.305 e. The Bertz CT molecular complexity index is 1610. The molecule has 1 aromatic heterocycles. The Labute approximate surface area is 250 Å². The molecule has 236 valence electrons. The van der Waals surface area contributed by atoms with Gasteiger partial charge in [-0.05, 0) is 36.0 Å². The lowest BCUT2D eigenvalue weighted by Gasteiger charge is -2.24. The zero-order valence-electron chi connectivity index (χ0n) is 24.8. The quantitative estimate of drug-likeness (QED) is 0.225. The highest BCUT2D eigenvalue weighted by molar-refractivity contribution is 5.93. The van der Waals surface area contributed by atoms with E-state index in [4.69, 9.17) is 0 Å². The molecule has 2 unspecified atom stereocenters. The molecule has 13 heteroatoms. The van der Waals surface area contributed by atoms with Crippen molar-refractivity contribution in [1.82, 2.24) is 15.1 Å². The number of Topliss-reactive ketones (excluding diaryl/α,β-unsaturated/α-hetero) is 1. The van der Waals surface area contributed by atoms with Crippen molar-refractivity contribution in [3.8, 4) is 5.75 Å². The molecular formula is C31H33F4N3O6. The summed E-state index contributed by atoms with van der Waals surface area (Å²) in [4.78, 5) is 51.2. The first-order valence-electron chi connectivity index (χ1n) is 13.7. The number of nitrogens with zero attached hydrogens (tertiary/aromatic N) is 2. The molecule has 3 aromatic rings. The van der Waals surface area contributed by atoms with Gasteiger partial charge in [0.1, 0.15) is 18.7 Å². The number of aryl methyl sites for hydroxylation is 1. The average molecular weight is 620 g/mol. The SMILES string of the molecule is CCC(C(=O)NC(CC(=O)O)C(=O)COc1c(F)c(F)cc(F)c1F)n1nc(C)cc(Cc2ccccc2C(C)(C)C)c1=O. The number of amides is 1. The van der Waals surface area contributed by atoms with E-state index in [-0.39, 0.29) is 24.3 Å². The molecule has 0 radical (unpaired) electrons. The maximum atomic E-state index is 14.0. The summed E-state index contributed by atoms with van der Waals surface area (Å²) in [5.41, 5.74) is 1.95. The van der Waals surface area contributed by atoms with Crippen LogP contribution in [0.15, 0.2) is 41.2 Å². The van der Waals surface area contributed by atoms with Crippen molar-refractivity contribution in [2.24, 2.45) is 0 Å². The van der Waals surface area contributed by atoms with E-state index in [9.17, 15) is 41.8 Å². The standard InChI is InChI=1S/C31H33F4N3O6/c1-6-23(38-30(43)18(11-16(2)37-38)12-17-9-7-8-10-19(17)31(3,4)5)29(42)36-22(14-25(40)41)24(39)15-44-28-26(34)20(32)13-21(33)27(28)35/h7-11,13,22-23H,6,12,14-15H2,1-5H3,(H,36,42)(H,40,41). The molecule has 0 saturated heterocycles. The maximum absolute atomic E-state index is 14.0. The number of halogens is 4. The minimum atomic E-state index is -1.90. The monoisotopic (exact) mass is 619 g/mol. The third-order valence-corrected chi connectivity index (χ3v) is 6.84. The fourth-order valence-electron chi connectivity index (χ4n) is 4.73. The molecule has 0 fully saturated rings. The first-order chi connectivity index (χ1) is 20.5. The van der Waals surface area contributed by atoms with Crippen molar-refractivity contribution in [2.45, 2.75) is 71.4 Å². The molecular weight excluding hydrogens is 586 g/mol. The van der Waals surface area contributed by atoms with Crippen molar-refractivity contribution in [1.29, 1.82) is 0 Å². The fraction of sp³-hybridized carbons (Fsp3) is 0.387. The number of benzene rings is 2. The largest absolute Gasteiger partial charge is 0.481 e. The zero-order valence-corrected chi connectivity index (χ0v) is 24.8. The molecule has 2 aromatic carbocycles. The van der Waals surface area contributed by atoms with E-state index < -0.39 is 77.3 Å². The van der Waals surface area contributed by atoms with Gasteiger partial charge in [0.25, 0.3) is 5.56 Å². The second-order valence-electron chi connectivity index (χ2n) is 11.3. The van der Waals surface area contributed by atoms with Gasteiger partial charge >= 0.3 is 5.97 Å². The summed E-state index contributed by atoms with van der Waals surface area (Å²) in [6, 6.07) is 6.16. The lowest BCUT2D eigenvalue weighted by Crippen LogP contribution is -2.48. The molecule has 0 aliphatic rings. The molecule has 0 saturated carbocycles. The minimum absolute atomic E-state index is 0.0175. The van der Waals surface area contributed by atoms with Crippen LogP contribution in [0.25, 0.3) is 0 Å². The van der Waals surface area contributed by atoms with Crippen LogP contribution in [0.4, 0.5) is 17.6 Å².